The molecule has 1 fully saturated rings. The summed E-state index contributed by atoms with van der Waals surface area (Å²) < 4.78 is 5.29. The normalized spacial score (nSPS) is 20.1. The van der Waals surface area contributed by atoms with Crippen LogP contribution in [0.25, 0.3) is 0 Å². The third-order valence-electron chi connectivity index (χ3n) is 2.99. The molecule has 1 aliphatic rings. The summed E-state index contributed by atoms with van der Waals surface area (Å²) in [6, 6.07) is 0. The van der Waals surface area contributed by atoms with Crippen molar-refractivity contribution in [3.05, 3.63) is 0 Å². The highest BCUT2D eigenvalue weighted by Crippen LogP contribution is 2.30. The number of hydrogen-bond donors (Lipinski definition) is 1. The van der Waals surface area contributed by atoms with E-state index in [1.54, 1.807) is 0 Å². The average molecular weight is 220 g/mol. The summed E-state index contributed by atoms with van der Waals surface area (Å²) in [6.07, 6.45) is 6.22. The Hall–Kier alpha value is 0.210. The summed E-state index contributed by atoms with van der Waals surface area (Å²) in [5.74, 6) is 0.752. The van der Waals surface area contributed by atoms with Crippen LogP contribution in [-0.4, -0.2) is 31.2 Å². The lowest BCUT2D eigenvalue weighted by atomic mass is 10.0. The lowest BCUT2D eigenvalue weighted by molar-refractivity contribution is 0.142. The van der Waals surface area contributed by atoms with Gasteiger partial charge in [-0.3, -0.25) is 0 Å². The highest BCUT2D eigenvalue weighted by molar-refractivity contribution is 6.18. The van der Waals surface area contributed by atoms with E-state index in [0.29, 0.717) is 0 Å². The zero-order chi connectivity index (χ0) is 10.3. The van der Waals surface area contributed by atoms with E-state index in [1.165, 1.54) is 25.7 Å². The molecule has 0 radical (unpaired) electrons. The number of rotatable bonds is 7. The monoisotopic (exact) mass is 219 g/mol. The zero-order valence-corrected chi connectivity index (χ0v) is 9.91. The van der Waals surface area contributed by atoms with Crippen molar-refractivity contribution >= 4 is 11.6 Å². The minimum Gasteiger partial charge on any atom is -0.382 e. The molecule has 0 aromatic heterocycles. The fourth-order valence-electron chi connectivity index (χ4n) is 2.08. The Morgan fingerprint density at radius 1 is 1.36 bits per heavy atom. The SMILES string of the molecule is CCOCCCNC1(CCl)CCCC1. The lowest BCUT2D eigenvalue weighted by Crippen LogP contribution is -2.45. The Balaban J connectivity index is 2.08. The van der Waals surface area contributed by atoms with Gasteiger partial charge in [-0.05, 0) is 32.7 Å². The van der Waals surface area contributed by atoms with Crippen LogP contribution in [0.1, 0.15) is 39.0 Å². The summed E-state index contributed by atoms with van der Waals surface area (Å²) in [6.45, 7) is 4.75. The van der Waals surface area contributed by atoms with Gasteiger partial charge in [0.2, 0.25) is 0 Å². The van der Waals surface area contributed by atoms with Crippen LogP contribution in [0.2, 0.25) is 0 Å². The molecule has 1 aliphatic carbocycles. The van der Waals surface area contributed by atoms with Crippen molar-refractivity contribution in [2.45, 2.75) is 44.6 Å². The van der Waals surface area contributed by atoms with Gasteiger partial charge in [0.1, 0.15) is 0 Å². The molecule has 1 N–H and O–H groups in total. The minimum absolute atomic E-state index is 0.244. The van der Waals surface area contributed by atoms with Crippen LogP contribution in [-0.2, 0) is 4.74 Å². The van der Waals surface area contributed by atoms with E-state index in [-0.39, 0.29) is 5.54 Å². The van der Waals surface area contributed by atoms with E-state index >= 15 is 0 Å². The number of hydrogen-bond acceptors (Lipinski definition) is 2. The molecule has 0 saturated heterocycles. The highest BCUT2D eigenvalue weighted by atomic mass is 35.5. The fourth-order valence-corrected chi connectivity index (χ4v) is 2.44. The van der Waals surface area contributed by atoms with Gasteiger partial charge in [-0.1, -0.05) is 12.8 Å². The molecule has 3 heteroatoms. The van der Waals surface area contributed by atoms with E-state index in [2.05, 4.69) is 5.32 Å². The van der Waals surface area contributed by atoms with Crippen molar-refractivity contribution in [1.82, 2.24) is 5.32 Å². The van der Waals surface area contributed by atoms with Crippen LogP contribution in [0, 0.1) is 0 Å². The molecule has 0 bridgehead atoms. The molecule has 1 saturated carbocycles. The summed E-state index contributed by atoms with van der Waals surface area (Å²) in [5, 5.41) is 3.59. The van der Waals surface area contributed by atoms with Gasteiger partial charge in [-0.25, -0.2) is 0 Å². The first-order valence-corrected chi connectivity index (χ1v) is 6.25. The molecule has 0 aromatic carbocycles. The van der Waals surface area contributed by atoms with Gasteiger partial charge in [0.15, 0.2) is 0 Å². The predicted octanol–water partition coefficient (Wildman–Crippen LogP) is 2.55. The van der Waals surface area contributed by atoms with Crippen LogP contribution >= 0.6 is 11.6 Å². The van der Waals surface area contributed by atoms with Crippen LogP contribution in [0.4, 0.5) is 0 Å². The molecule has 0 amide bonds. The third-order valence-corrected chi connectivity index (χ3v) is 3.50. The van der Waals surface area contributed by atoms with E-state index < -0.39 is 0 Å². The van der Waals surface area contributed by atoms with Crippen molar-refractivity contribution < 1.29 is 4.74 Å². The highest BCUT2D eigenvalue weighted by Gasteiger charge is 2.31. The predicted molar refractivity (Wildman–Crippen MR) is 61.0 cm³/mol. The van der Waals surface area contributed by atoms with Crippen LogP contribution in [0.15, 0.2) is 0 Å². The zero-order valence-electron chi connectivity index (χ0n) is 9.15. The molecule has 84 valence electrons. The second-order valence-electron chi connectivity index (χ2n) is 4.10. The van der Waals surface area contributed by atoms with E-state index in [1.807, 2.05) is 6.92 Å². The van der Waals surface area contributed by atoms with E-state index in [0.717, 1.165) is 32.1 Å². The Morgan fingerprint density at radius 2 is 2.07 bits per heavy atom. The summed E-state index contributed by atoms with van der Waals surface area (Å²) in [7, 11) is 0. The Bertz CT molecular complexity index is 146. The van der Waals surface area contributed by atoms with Crippen molar-refractivity contribution in [1.29, 1.82) is 0 Å². The number of halogens is 1. The quantitative estimate of drug-likeness (QED) is 0.525. The topological polar surface area (TPSA) is 21.3 Å². The first kappa shape index (κ1) is 12.3. The smallest absolute Gasteiger partial charge is 0.0477 e. The molecular formula is C11H22ClNO. The van der Waals surface area contributed by atoms with E-state index in [4.69, 9.17) is 16.3 Å². The van der Waals surface area contributed by atoms with Gasteiger partial charge in [0, 0.05) is 24.6 Å². The third kappa shape index (κ3) is 3.76. The average Bonchev–Trinajstić information content (AvgIpc) is 2.67. The van der Waals surface area contributed by atoms with Crippen LogP contribution < -0.4 is 5.32 Å². The molecule has 1 rings (SSSR count). The molecule has 0 aromatic rings. The van der Waals surface area contributed by atoms with Gasteiger partial charge in [-0.2, -0.15) is 0 Å². The number of ether oxygens (including phenoxy) is 1. The van der Waals surface area contributed by atoms with E-state index in [9.17, 15) is 0 Å². The summed E-state index contributed by atoms with van der Waals surface area (Å²) in [5.41, 5.74) is 0.244. The van der Waals surface area contributed by atoms with Crippen LogP contribution in [0.3, 0.4) is 0 Å². The van der Waals surface area contributed by atoms with Crippen molar-refractivity contribution in [2.24, 2.45) is 0 Å². The second-order valence-corrected chi connectivity index (χ2v) is 4.37. The fraction of sp³-hybridized carbons (Fsp3) is 1.00. The Morgan fingerprint density at radius 3 is 2.64 bits per heavy atom. The maximum atomic E-state index is 6.01. The standard InChI is InChI=1S/C11H22ClNO/c1-2-14-9-5-8-13-11(10-12)6-3-4-7-11/h13H,2-10H2,1H3. The van der Waals surface area contributed by atoms with Crippen LogP contribution in [0.5, 0.6) is 0 Å². The minimum atomic E-state index is 0.244. The van der Waals surface area contributed by atoms with Gasteiger partial charge in [-0.15, -0.1) is 11.6 Å². The number of nitrogens with one attached hydrogen (secondary N) is 1. The molecule has 0 spiro atoms. The van der Waals surface area contributed by atoms with Gasteiger partial charge in [0.25, 0.3) is 0 Å². The van der Waals surface area contributed by atoms with Crippen molar-refractivity contribution in [3.63, 3.8) is 0 Å². The number of alkyl halides is 1. The van der Waals surface area contributed by atoms with Gasteiger partial charge < -0.3 is 10.1 Å². The Kier molecular flexibility index (Phi) is 5.83. The molecule has 2 nitrogen and oxygen atoms in total. The molecule has 0 aliphatic heterocycles. The Labute approximate surface area is 92.3 Å². The maximum Gasteiger partial charge on any atom is 0.0477 e. The second kappa shape index (κ2) is 6.65. The summed E-state index contributed by atoms with van der Waals surface area (Å²) >= 11 is 6.01. The first-order chi connectivity index (χ1) is 6.83. The molecule has 14 heavy (non-hydrogen) atoms. The van der Waals surface area contributed by atoms with Crippen molar-refractivity contribution in [2.75, 3.05) is 25.6 Å². The summed E-state index contributed by atoms with van der Waals surface area (Å²) in [4.78, 5) is 0. The maximum absolute atomic E-state index is 6.01. The largest absolute Gasteiger partial charge is 0.382 e. The van der Waals surface area contributed by atoms with Gasteiger partial charge in [0.05, 0.1) is 0 Å². The first-order valence-electron chi connectivity index (χ1n) is 5.72. The molecule has 0 unspecified atom stereocenters. The molecule has 0 atom stereocenters. The van der Waals surface area contributed by atoms with Gasteiger partial charge >= 0.3 is 0 Å². The van der Waals surface area contributed by atoms with Crippen molar-refractivity contribution in [3.8, 4) is 0 Å². The molecule has 0 heterocycles. The lowest BCUT2D eigenvalue weighted by Gasteiger charge is -2.27. The molecular weight excluding hydrogens is 198 g/mol.